The van der Waals surface area contributed by atoms with Gasteiger partial charge in [0.05, 0.1) is 5.56 Å². The zero-order chi connectivity index (χ0) is 26.3. The molecule has 37 heavy (non-hydrogen) atoms. The van der Waals surface area contributed by atoms with Crippen LogP contribution in [0.1, 0.15) is 56.7 Å². The number of carboxylic acids is 1. The standard InChI is InChI=1S/C27H24N2O8/c28-21(25(33)34)3-1-2-10-29-24(32)14-4-7-17-20(11-14)27(37-26(17)35)18-8-5-15(30)12-22(18)36-23-13-16(31)6-9-19(23)27/h4-9,11-13,21,30-31H,1-3,10,28H2,(H,29,32)(H,33,34)/t21-/m1/s1. The van der Waals surface area contributed by atoms with Gasteiger partial charge in [-0.2, -0.15) is 0 Å². The van der Waals surface area contributed by atoms with Crippen LogP contribution in [-0.2, 0) is 15.1 Å². The monoisotopic (exact) mass is 504 g/mol. The molecule has 6 N–H and O–H groups in total. The molecular formula is C27H24N2O8. The first-order valence-corrected chi connectivity index (χ1v) is 11.7. The van der Waals surface area contributed by atoms with Crippen molar-refractivity contribution in [2.24, 2.45) is 5.73 Å². The Morgan fingerprint density at radius 1 is 0.919 bits per heavy atom. The van der Waals surface area contributed by atoms with Gasteiger partial charge < -0.3 is 35.8 Å². The van der Waals surface area contributed by atoms with E-state index in [4.69, 9.17) is 20.3 Å². The van der Waals surface area contributed by atoms with Crippen LogP contribution in [0.4, 0.5) is 0 Å². The maximum Gasteiger partial charge on any atom is 0.340 e. The smallest absolute Gasteiger partial charge is 0.340 e. The largest absolute Gasteiger partial charge is 0.508 e. The average Bonchev–Trinajstić information content (AvgIpc) is 3.15. The van der Waals surface area contributed by atoms with Crippen LogP contribution >= 0.6 is 0 Å². The number of aliphatic carboxylic acids is 1. The molecule has 3 aromatic rings. The number of hydrogen-bond acceptors (Lipinski definition) is 8. The molecular weight excluding hydrogens is 480 g/mol. The van der Waals surface area contributed by atoms with E-state index < -0.39 is 23.6 Å². The van der Waals surface area contributed by atoms with E-state index in [0.29, 0.717) is 48.1 Å². The SMILES string of the molecule is N[C@H](CCCCNC(=O)c1ccc2c(c1)C1(OC2=O)c2ccc(O)cc2Oc2cc(O)ccc21)C(=O)O. The summed E-state index contributed by atoms with van der Waals surface area (Å²) in [5.41, 5.74) is 5.97. The lowest BCUT2D eigenvalue weighted by Gasteiger charge is -2.36. The summed E-state index contributed by atoms with van der Waals surface area (Å²) >= 11 is 0. The van der Waals surface area contributed by atoms with Crippen molar-refractivity contribution < 1.29 is 39.2 Å². The Bertz CT molecular complexity index is 1380. The fourth-order valence-corrected chi connectivity index (χ4v) is 4.76. The molecule has 0 aliphatic carbocycles. The number of carbonyl (C=O) groups is 3. The van der Waals surface area contributed by atoms with E-state index in [2.05, 4.69) is 5.32 Å². The van der Waals surface area contributed by atoms with Gasteiger partial charge in [0.2, 0.25) is 0 Å². The maximum absolute atomic E-state index is 13.0. The number of amides is 1. The number of aromatic hydroxyl groups is 2. The normalized spacial score (nSPS) is 15.1. The van der Waals surface area contributed by atoms with Crippen molar-refractivity contribution in [3.8, 4) is 23.0 Å². The van der Waals surface area contributed by atoms with Crippen molar-refractivity contribution in [2.45, 2.75) is 30.9 Å². The fourth-order valence-electron chi connectivity index (χ4n) is 4.76. The zero-order valence-electron chi connectivity index (χ0n) is 19.6. The highest BCUT2D eigenvalue weighted by atomic mass is 16.6. The minimum atomic E-state index is -1.46. The second kappa shape index (κ2) is 9.14. The molecule has 1 spiro atoms. The first-order valence-electron chi connectivity index (χ1n) is 11.7. The predicted octanol–water partition coefficient (Wildman–Crippen LogP) is 2.98. The number of nitrogens with two attached hydrogens (primary N) is 1. The molecule has 190 valence electrons. The molecule has 0 unspecified atom stereocenters. The third-order valence-electron chi connectivity index (χ3n) is 6.58. The van der Waals surface area contributed by atoms with Gasteiger partial charge in [0, 0.05) is 40.9 Å². The summed E-state index contributed by atoms with van der Waals surface area (Å²) in [6.07, 6.45) is 1.39. The Kier molecular flexibility index (Phi) is 5.96. The molecule has 1 atom stereocenters. The first kappa shape index (κ1) is 24.1. The third kappa shape index (κ3) is 4.11. The summed E-state index contributed by atoms with van der Waals surface area (Å²) in [5, 5.41) is 31.7. The summed E-state index contributed by atoms with van der Waals surface area (Å²) in [6, 6.07) is 12.6. The zero-order valence-corrected chi connectivity index (χ0v) is 19.6. The van der Waals surface area contributed by atoms with Gasteiger partial charge in [0.25, 0.3) is 5.91 Å². The molecule has 0 bridgehead atoms. The molecule has 0 saturated carbocycles. The molecule has 2 heterocycles. The minimum absolute atomic E-state index is 0.0560. The molecule has 0 fully saturated rings. The highest BCUT2D eigenvalue weighted by Crippen LogP contribution is 2.57. The second-order valence-electron chi connectivity index (χ2n) is 8.99. The number of rotatable bonds is 7. The van der Waals surface area contributed by atoms with Crippen molar-refractivity contribution in [3.63, 3.8) is 0 Å². The minimum Gasteiger partial charge on any atom is -0.508 e. The lowest BCUT2D eigenvalue weighted by molar-refractivity contribution is -0.138. The number of phenolic OH excluding ortho intramolecular Hbond substituents is 2. The molecule has 0 saturated heterocycles. The number of hydrogen-bond donors (Lipinski definition) is 5. The molecule has 0 radical (unpaired) electrons. The van der Waals surface area contributed by atoms with Gasteiger partial charge in [-0.25, -0.2) is 4.79 Å². The van der Waals surface area contributed by atoms with E-state index in [9.17, 15) is 24.6 Å². The molecule has 2 aliphatic rings. The van der Waals surface area contributed by atoms with E-state index in [-0.39, 0.29) is 34.5 Å². The van der Waals surface area contributed by atoms with Crippen molar-refractivity contribution in [2.75, 3.05) is 6.54 Å². The summed E-state index contributed by atoms with van der Waals surface area (Å²) in [4.78, 5) is 36.8. The van der Waals surface area contributed by atoms with E-state index in [0.717, 1.165) is 0 Å². The van der Waals surface area contributed by atoms with Crippen LogP contribution < -0.4 is 15.8 Å². The van der Waals surface area contributed by atoms with Gasteiger partial charge in [0.1, 0.15) is 29.0 Å². The number of phenols is 2. The van der Waals surface area contributed by atoms with Crippen molar-refractivity contribution >= 4 is 17.8 Å². The lowest BCUT2D eigenvalue weighted by Crippen LogP contribution is -2.33. The van der Waals surface area contributed by atoms with Gasteiger partial charge in [-0.3, -0.25) is 9.59 Å². The average molecular weight is 504 g/mol. The molecule has 5 rings (SSSR count). The fraction of sp³-hybridized carbons (Fsp3) is 0.222. The van der Waals surface area contributed by atoms with Gasteiger partial charge in [0.15, 0.2) is 5.60 Å². The molecule has 10 heteroatoms. The van der Waals surface area contributed by atoms with Gasteiger partial charge in [-0.1, -0.05) is 0 Å². The summed E-state index contributed by atoms with van der Waals surface area (Å²) in [5.74, 6) is -1.64. The maximum atomic E-state index is 13.0. The van der Waals surface area contributed by atoms with E-state index >= 15 is 0 Å². The van der Waals surface area contributed by atoms with E-state index in [1.807, 2.05) is 0 Å². The highest BCUT2D eigenvalue weighted by molar-refractivity contribution is 6.00. The second-order valence-corrected chi connectivity index (χ2v) is 8.99. The van der Waals surface area contributed by atoms with Crippen LogP contribution in [0.15, 0.2) is 54.6 Å². The van der Waals surface area contributed by atoms with Gasteiger partial charge >= 0.3 is 11.9 Å². The summed E-state index contributed by atoms with van der Waals surface area (Å²) in [6.45, 7) is 0.320. The molecule has 1 amide bonds. The number of carboxylic acid groups (broad SMARTS) is 1. The van der Waals surface area contributed by atoms with E-state index in [1.54, 1.807) is 18.2 Å². The quantitative estimate of drug-likeness (QED) is 0.240. The van der Waals surface area contributed by atoms with Crippen LogP contribution in [0.3, 0.4) is 0 Å². The van der Waals surface area contributed by atoms with Gasteiger partial charge in [-0.15, -0.1) is 0 Å². The lowest BCUT2D eigenvalue weighted by atomic mass is 9.77. The van der Waals surface area contributed by atoms with Crippen LogP contribution in [0.2, 0.25) is 0 Å². The van der Waals surface area contributed by atoms with Crippen LogP contribution in [0.25, 0.3) is 0 Å². The first-order chi connectivity index (χ1) is 17.7. The predicted molar refractivity (Wildman–Crippen MR) is 130 cm³/mol. The summed E-state index contributed by atoms with van der Waals surface area (Å²) < 4.78 is 11.9. The van der Waals surface area contributed by atoms with Crippen molar-refractivity contribution in [3.05, 3.63) is 82.4 Å². The number of unbranched alkanes of at least 4 members (excludes halogenated alkanes) is 1. The summed E-state index contributed by atoms with van der Waals surface area (Å²) in [7, 11) is 0. The Labute approximate surface area is 211 Å². The van der Waals surface area contributed by atoms with Crippen molar-refractivity contribution in [1.29, 1.82) is 0 Å². The topological polar surface area (TPSA) is 168 Å². The molecule has 2 aliphatic heterocycles. The highest BCUT2D eigenvalue weighted by Gasteiger charge is 2.53. The number of carbonyl (C=O) groups excluding carboxylic acids is 2. The Hall–Kier alpha value is -4.57. The van der Waals surface area contributed by atoms with Crippen LogP contribution in [0.5, 0.6) is 23.0 Å². The number of fused-ring (bicyclic) bond motifs is 6. The number of nitrogens with one attached hydrogen (secondary N) is 1. The molecule has 3 aromatic carbocycles. The molecule has 10 nitrogen and oxygen atoms in total. The Morgan fingerprint density at radius 3 is 2.19 bits per heavy atom. The van der Waals surface area contributed by atoms with E-state index in [1.165, 1.54) is 36.4 Å². The number of ether oxygens (including phenoxy) is 2. The van der Waals surface area contributed by atoms with Crippen molar-refractivity contribution in [1.82, 2.24) is 5.32 Å². The Balaban J connectivity index is 1.48. The molecule has 0 aromatic heterocycles. The number of esters is 1. The van der Waals surface area contributed by atoms with Gasteiger partial charge in [-0.05, 0) is 61.7 Å². The van der Waals surface area contributed by atoms with Crippen LogP contribution in [-0.4, -0.2) is 45.8 Å². The van der Waals surface area contributed by atoms with Crippen LogP contribution in [0, 0.1) is 0 Å². The Morgan fingerprint density at radius 2 is 1.57 bits per heavy atom. The third-order valence-corrected chi connectivity index (χ3v) is 6.58. The number of benzene rings is 3.